The average molecular weight is 507 g/mol. The Morgan fingerprint density at radius 2 is 1.75 bits per heavy atom. The van der Waals surface area contributed by atoms with Crippen molar-refractivity contribution in [1.29, 1.82) is 0 Å². The monoisotopic (exact) mass is 506 g/mol. The molecular formula is C25H34N2O9. The van der Waals surface area contributed by atoms with E-state index in [0.29, 0.717) is 18.4 Å². The van der Waals surface area contributed by atoms with E-state index >= 15 is 0 Å². The van der Waals surface area contributed by atoms with Gasteiger partial charge in [-0.15, -0.1) is 0 Å². The molecule has 0 saturated carbocycles. The van der Waals surface area contributed by atoms with Gasteiger partial charge in [0, 0.05) is 19.0 Å². The molecule has 0 bridgehead atoms. The molecule has 1 aromatic heterocycles. The molecule has 2 heterocycles. The number of rotatable bonds is 9. The lowest BCUT2D eigenvalue weighted by Crippen LogP contribution is -2.46. The van der Waals surface area contributed by atoms with Crippen molar-refractivity contribution >= 4 is 29.8 Å². The molecule has 11 nitrogen and oxygen atoms in total. The van der Waals surface area contributed by atoms with Crippen molar-refractivity contribution in [2.45, 2.75) is 85.0 Å². The Balaban J connectivity index is 2.26. The minimum Gasteiger partial charge on any atom is -0.463 e. The third kappa shape index (κ3) is 7.50. The molecule has 11 heteroatoms. The summed E-state index contributed by atoms with van der Waals surface area (Å²) in [4.78, 5) is 66.9. The van der Waals surface area contributed by atoms with Gasteiger partial charge < -0.3 is 24.3 Å². The Bertz CT molecular complexity index is 978. The van der Waals surface area contributed by atoms with Crippen LogP contribution in [0, 0.1) is 12.8 Å². The zero-order chi connectivity index (χ0) is 26.8. The smallest absolute Gasteiger partial charge is 0.332 e. The van der Waals surface area contributed by atoms with Crippen LogP contribution >= 0.6 is 0 Å². The Morgan fingerprint density at radius 3 is 2.39 bits per heavy atom. The number of nitrogens with zero attached hydrogens (tertiary/aromatic N) is 1. The summed E-state index contributed by atoms with van der Waals surface area (Å²) < 4.78 is 21.6. The van der Waals surface area contributed by atoms with Crippen LogP contribution in [0.15, 0.2) is 12.3 Å². The van der Waals surface area contributed by atoms with Crippen LogP contribution in [0.2, 0.25) is 0 Å². The van der Waals surface area contributed by atoms with E-state index in [1.165, 1.54) is 13.1 Å². The van der Waals surface area contributed by atoms with Gasteiger partial charge in [-0.25, -0.2) is 9.78 Å². The van der Waals surface area contributed by atoms with Crippen molar-refractivity contribution in [3.8, 4) is 5.75 Å². The molecule has 1 aromatic rings. The van der Waals surface area contributed by atoms with E-state index in [4.69, 9.17) is 18.9 Å². The number of hydrogen-bond donors (Lipinski definition) is 1. The zero-order valence-corrected chi connectivity index (χ0v) is 21.3. The molecule has 0 radical (unpaired) electrons. The van der Waals surface area contributed by atoms with Crippen LogP contribution in [0.3, 0.4) is 0 Å². The number of carbonyl (C=O) groups excluding carboxylic acids is 5. The van der Waals surface area contributed by atoms with Crippen LogP contribution in [-0.2, 0) is 33.4 Å². The Morgan fingerprint density at radius 1 is 1.08 bits per heavy atom. The van der Waals surface area contributed by atoms with Crippen molar-refractivity contribution in [1.82, 2.24) is 10.3 Å². The standard InChI is InChI=1S/C25H34N2O9/c1-6-9-18(28)35-21-14(4)11-12-26-20(21)23(30)27-17-13-33-24(31)16(8-3)22(15(5)34-25(17)32)36-19(29)10-7-2/h11-12,15-17,22H,6-10,13H2,1-5H3,(H,27,30)/t15-,16+,17-,22-/m0/s1. The number of nitrogens with one attached hydrogen (secondary N) is 1. The molecule has 1 saturated heterocycles. The Labute approximate surface area is 210 Å². The fourth-order valence-electron chi connectivity index (χ4n) is 3.66. The lowest BCUT2D eigenvalue weighted by Gasteiger charge is -2.28. The van der Waals surface area contributed by atoms with E-state index in [0.717, 1.165) is 0 Å². The van der Waals surface area contributed by atoms with Crippen LogP contribution in [0.4, 0.5) is 0 Å². The first-order chi connectivity index (χ1) is 17.1. The molecule has 1 amide bonds. The SMILES string of the molecule is CCCC(=O)Oc1c(C)ccnc1C(=O)N[C@H]1COC(=O)[C@H](CC)[C@@H](OC(=O)CCC)[C@H](C)OC1=O. The van der Waals surface area contributed by atoms with E-state index in [9.17, 15) is 24.0 Å². The lowest BCUT2D eigenvalue weighted by atomic mass is 9.95. The number of cyclic esters (lactones) is 2. The second-order valence-electron chi connectivity index (χ2n) is 8.55. The van der Waals surface area contributed by atoms with Gasteiger partial charge in [0.05, 0.1) is 5.92 Å². The molecule has 0 aromatic carbocycles. The highest BCUT2D eigenvalue weighted by atomic mass is 16.6. The van der Waals surface area contributed by atoms with Crippen molar-refractivity contribution < 1.29 is 42.9 Å². The maximum atomic E-state index is 13.0. The summed E-state index contributed by atoms with van der Waals surface area (Å²) >= 11 is 0. The minimum atomic E-state index is -1.37. The highest BCUT2D eigenvalue weighted by Crippen LogP contribution is 2.24. The van der Waals surface area contributed by atoms with Crippen LogP contribution < -0.4 is 10.1 Å². The van der Waals surface area contributed by atoms with Gasteiger partial charge in [0.25, 0.3) is 5.91 Å². The summed E-state index contributed by atoms with van der Waals surface area (Å²) in [6.07, 6.45) is 1.05. The molecule has 2 rings (SSSR count). The van der Waals surface area contributed by atoms with Gasteiger partial charge in [-0.3, -0.25) is 19.2 Å². The van der Waals surface area contributed by atoms with E-state index in [2.05, 4.69) is 10.3 Å². The predicted octanol–water partition coefficient (Wildman–Crippen LogP) is 2.42. The van der Waals surface area contributed by atoms with Gasteiger partial charge in [0.1, 0.15) is 12.7 Å². The number of hydrogen-bond acceptors (Lipinski definition) is 10. The predicted molar refractivity (Wildman–Crippen MR) is 126 cm³/mol. The topological polar surface area (TPSA) is 147 Å². The van der Waals surface area contributed by atoms with Gasteiger partial charge in [0.15, 0.2) is 23.6 Å². The molecule has 0 spiro atoms. The summed E-state index contributed by atoms with van der Waals surface area (Å²) in [6.45, 7) is 8.01. The summed E-state index contributed by atoms with van der Waals surface area (Å²) in [7, 11) is 0. The third-order valence-corrected chi connectivity index (χ3v) is 5.59. The van der Waals surface area contributed by atoms with Crippen molar-refractivity contribution in [3.05, 3.63) is 23.5 Å². The molecule has 0 aliphatic carbocycles. The Kier molecular flexibility index (Phi) is 10.8. The second-order valence-corrected chi connectivity index (χ2v) is 8.55. The molecule has 1 N–H and O–H groups in total. The number of carbonyl (C=O) groups is 5. The summed E-state index contributed by atoms with van der Waals surface area (Å²) in [6, 6.07) is 0.210. The molecule has 1 aliphatic rings. The molecular weight excluding hydrogens is 472 g/mol. The van der Waals surface area contributed by atoms with Gasteiger partial charge >= 0.3 is 23.9 Å². The van der Waals surface area contributed by atoms with Gasteiger partial charge in [0.2, 0.25) is 0 Å². The van der Waals surface area contributed by atoms with Gasteiger partial charge in [-0.05, 0) is 44.7 Å². The van der Waals surface area contributed by atoms with E-state index in [-0.39, 0.29) is 30.7 Å². The van der Waals surface area contributed by atoms with Crippen LogP contribution in [0.1, 0.15) is 75.9 Å². The average Bonchev–Trinajstić information content (AvgIpc) is 2.85. The fourth-order valence-corrected chi connectivity index (χ4v) is 3.66. The number of esters is 4. The van der Waals surface area contributed by atoms with Crippen LogP contribution in [-0.4, -0.2) is 59.6 Å². The van der Waals surface area contributed by atoms with Gasteiger partial charge in [-0.2, -0.15) is 0 Å². The quantitative estimate of drug-likeness (QED) is 0.391. The second kappa shape index (κ2) is 13.6. The van der Waals surface area contributed by atoms with E-state index in [1.54, 1.807) is 19.9 Å². The van der Waals surface area contributed by atoms with Crippen molar-refractivity contribution in [2.75, 3.05) is 6.61 Å². The zero-order valence-electron chi connectivity index (χ0n) is 21.3. The van der Waals surface area contributed by atoms with Crippen LogP contribution in [0.5, 0.6) is 5.75 Å². The Hall–Kier alpha value is -3.50. The number of pyridine rings is 1. The maximum absolute atomic E-state index is 13.0. The van der Waals surface area contributed by atoms with E-state index < -0.39 is 60.6 Å². The normalized spacial score (nSPS) is 22.2. The summed E-state index contributed by atoms with van der Waals surface area (Å²) in [5.41, 5.74) is 0.295. The highest BCUT2D eigenvalue weighted by molar-refractivity contribution is 5.98. The summed E-state index contributed by atoms with van der Waals surface area (Å²) in [5.74, 6) is -4.30. The first-order valence-corrected chi connectivity index (χ1v) is 12.2. The van der Waals surface area contributed by atoms with E-state index in [1.807, 2.05) is 13.8 Å². The van der Waals surface area contributed by atoms with Crippen LogP contribution in [0.25, 0.3) is 0 Å². The third-order valence-electron chi connectivity index (χ3n) is 5.59. The van der Waals surface area contributed by atoms with Crippen molar-refractivity contribution in [2.24, 2.45) is 5.92 Å². The first kappa shape index (κ1) is 28.7. The number of aryl methyl sites for hydroxylation is 1. The molecule has 1 aliphatic heterocycles. The number of aromatic nitrogens is 1. The molecule has 198 valence electrons. The fraction of sp³-hybridized carbons (Fsp3) is 0.600. The lowest BCUT2D eigenvalue weighted by molar-refractivity contribution is -0.174. The van der Waals surface area contributed by atoms with Crippen molar-refractivity contribution in [3.63, 3.8) is 0 Å². The molecule has 4 atom stereocenters. The summed E-state index contributed by atoms with van der Waals surface area (Å²) in [5, 5.41) is 2.45. The number of ether oxygens (including phenoxy) is 4. The largest absolute Gasteiger partial charge is 0.463 e. The highest BCUT2D eigenvalue weighted by Gasteiger charge is 2.41. The maximum Gasteiger partial charge on any atom is 0.332 e. The molecule has 36 heavy (non-hydrogen) atoms. The molecule has 1 fully saturated rings. The molecule has 0 unspecified atom stereocenters. The minimum absolute atomic E-state index is 0.0239. The first-order valence-electron chi connectivity index (χ1n) is 12.2. The number of amides is 1. The van der Waals surface area contributed by atoms with Gasteiger partial charge in [-0.1, -0.05) is 20.8 Å².